The number of carbonyl (C=O) groups is 2. The molecule has 4 nitrogen and oxygen atoms in total. The third-order valence-corrected chi connectivity index (χ3v) is 3.33. The molecule has 1 aromatic carbocycles. The van der Waals surface area contributed by atoms with Crippen LogP contribution in [0.4, 0.5) is 0 Å². The minimum atomic E-state index is -0.797. The number of rotatable bonds is 7. The lowest BCUT2D eigenvalue weighted by Crippen LogP contribution is -2.25. The molecular weight excluding hydrogens is 301 g/mol. The minimum Gasteiger partial charge on any atom is -0.481 e. The Morgan fingerprint density at radius 3 is 2.35 bits per heavy atom. The Hall–Kier alpha value is -1.26. The van der Waals surface area contributed by atoms with E-state index in [1.54, 1.807) is 18.2 Å². The molecule has 110 valence electrons. The summed E-state index contributed by atoms with van der Waals surface area (Å²) in [7, 11) is 0. The van der Waals surface area contributed by atoms with Crippen LogP contribution in [0.1, 0.15) is 36.5 Å². The van der Waals surface area contributed by atoms with E-state index in [4.69, 9.17) is 28.3 Å². The fraction of sp³-hybridized carbons (Fsp3) is 0.429. The lowest BCUT2D eigenvalue weighted by Gasteiger charge is -2.11. The number of hydrogen-bond donors (Lipinski definition) is 2. The Kier molecular flexibility index (Phi) is 6.82. The highest BCUT2D eigenvalue weighted by atomic mass is 35.5. The average Bonchev–Trinajstić information content (AvgIpc) is 2.35. The Morgan fingerprint density at radius 2 is 1.80 bits per heavy atom. The van der Waals surface area contributed by atoms with Crippen LogP contribution in [0.15, 0.2) is 18.2 Å². The van der Waals surface area contributed by atoms with E-state index in [-0.39, 0.29) is 18.2 Å². The van der Waals surface area contributed by atoms with E-state index in [0.717, 1.165) is 6.42 Å². The molecule has 0 aliphatic rings. The van der Waals surface area contributed by atoms with Crippen molar-refractivity contribution in [2.75, 3.05) is 6.54 Å². The lowest BCUT2D eigenvalue weighted by atomic mass is 10.0. The number of amides is 1. The quantitative estimate of drug-likeness (QED) is 0.807. The molecule has 0 saturated heterocycles. The van der Waals surface area contributed by atoms with Gasteiger partial charge in [0.1, 0.15) is 0 Å². The molecule has 6 heteroatoms. The van der Waals surface area contributed by atoms with Gasteiger partial charge in [0.2, 0.25) is 0 Å². The SMILES string of the molecule is CC(CCNC(=O)c1cc(Cl)cc(Cl)c1)CCC(=O)O. The number of carboxylic acid groups (broad SMARTS) is 1. The van der Waals surface area contributed by atoms with Crippen molar-refractivity contribution in [2.24, 2.45) is 5.92 Å². The summed E-state index contributed by atoms with van der Waals surface area (Å²) < 4.78 is 0. The standard InChI is InChI=1S/C14H17Cl2NO3/c1-9(2-3-13(18)19)4-5-17-14(20)10-6-11(15)8-12(16)7-10/h6-9H,2-5H2,1H3,(H,17,20)(H,18,19). The smallest absolute Gasteiger partial charge is 0.303 e. The van der Waals surface area contributed by atoms with Crippen molar-refractivity contribution in [3.8, 4) is 0 Å². The number of aliphatic carboxylic acids is 1. The first-order valence-corrected chi connectivity index (χ1v) is 7.10. The van der Waals surface area contributed by atoms with Crippen LogP contribution in [0, 0.1) is 5.92 Å². The van der Waals surface area contributed by atoms with Gasteiger partial charge in [0.15, 0.2) is 0 Å². The molecule has 1 aromatic rings. The van der Waals surface area contributed by atoms with Gasteiger partial charge in [-0.1, -0.05) is 30.1 Å². The summed E-state index contributed by atoms with van der Waals surface area (Å²) in [6, 6.07) is 4.67. The first-order chi connectivity index (χ1) is 9.38. The van der Waals surface area contributed by atoms with E-state index in [1.807, 2.05) is 6.92 Å². The summed E-state index contributed by atoms with van der Waals surface area (Å²) in [5.74, 6) is -0.788. The fourth-order valence-corrected chi connectivity index (χ4v) is 2.26. The van der Waals surface area contributed by atoms with Gasteiger partial charge in [0.05, 0.1) is 0 Å². The Balaban J connectivity index is 2.38. The molecule has 0 bridgehead atoms. The van der Waals surface area contributed by atoms with E-state index in [0.29, 0.717) is 28.6 Å². The van der Waals surface area contributed by atoms with Gasteiger partial charge in [0.25, 0.3) is 5.91 Å². The first-order valence-electron chi connectivity index (χ1n) is 6.34. The maximum absolute atomic E-state index is 11.9. The number of nitrogens with one attached hydrogen (secondary N) is 1. The van der Waals surface area contributed by atoms with Crippen molar-refractivity contribution >= 4 is 35.1 Å². The molecule has 1 unspecified atom stereocenters. The lowest BCUT2D eigenvalue weighted by molar-refractivity contribution is -0.137. The van der Waals surface area contributed by atoms with Gasteiger partial charge in [-0.2, -0.15) is 0 Å². The number of carboxylic acids is 1. The molecule has 20 heavy (non-hydrogen) atoms. The summed E-state index contributed by atoms with van der Waals surface area (Å²) in [4.78, 5) is 22.3. The van der Waals surface area contributed by atoms with Gasteiger partial charge in [-0.05, 0) is 37.0 Å². The van der Waals surface area contributed by atoms with E-state index in [9.17, 15) is 9.59 Å². The predicted molar refractivity (Wildman–Crippen MR) is 79.4 cm³/mol. The summed E-state index contributed by atoms with van der Waals surface area (Å²) >= 11 is 11.7. The maximum Gasteiger partial charge on any atom is 0.303 e. The van der Waals surface area contributed by atoms with E-state index >= 15 is 0 Å². The van der Waals surface area contributed by atoms with Gasteiger partial charge >= 0.3 is 5.97 Å². The van der Waals surface area contributed by atoms with Gasteiger partial charge < -0.3 is 10.4 Å². The molecule has 1 amide bonds. The third-order valence-electron chi connectivity index (χ3n) is 2.90. The van der Waals surface area contributed by atoms with Crippen LogP contribution in [0.25, 0.3) is 0 Å². The molecule has 0 spiro atoms. The molecule has 0 heterocycles. The second kappa shape index (κ2) is 8.12. The van der Waals surface area contributed by atoms with Crippen LogP contribution in [-0.2, 0) is 4.79 Å². The molecule has 2 N–H and O–H groups in total. The van der Waals surface area contributed by atoms with Crippen LogP contribution < -0.4 is 5.32 Å². The molecule has 0 aliphatic carbocycles. The molecular formula is C14H17Cl2NO3. The van der Waals surface area contributed by atoms with Gasteiger partial charge in [-0.3, -0.25) is 9.59 Å². The fourth-order valence-electron chi connectivity index (χ4n) is 1.73. The van der Waals surface area contributed by atoms with Gasteiger partial charge in [-0.15, -0.1) is 0 Å². The van der Waals surface area contributed by atoms with Gasteiger partial charge in [0, 0.05) is 28.6 Å². The van der Waals surface area contributed by atoms with E-state index < -0.39 is 5.97 Å². The Labute approximate surface area is 128 Å². The molecule has 0 aromatic heterocycles. The predicted octanol–water partition coefficient (Wildman–Crippen LogP) is 3.61. The zero-order valence-corrected chi connectivity index (χ0v) is 12.7. The largest absolute Gasteiger partial charge is 0.481 e. The zero-order chi connectivity index (χ0) is 15.1. The van der Waals surface area contributed by atoms with Crippen LogP contribution >= 0.6 is 23.2 Å². The summed E-state index contributed by atoms with van der Waals surface area (Å²) in [5.41, 5.74) is 0.417. The second-order valence-electron chi connectivity index (χ2n) is 4.74. The van der Waals surface area contributed by atoms with Crippen molar-refractivity contribution in [3.05, 3.63) is 33.8 Å². The number of benzene rings is 1. The zero-order valence-electron chi connectivity index (χ0n) is 11.2. The van der Waals surface area contributed by atoms with Crippen LogP contribution in [0.5, 0.6) is 0 Å². The first kappa shape index (κ1) is 16.8. The third kappa shape index (κ3) is 6.26. The topological polar surface area (TPSA) is 66.4 Å². The molecule has 1 rings (SSSR count). The highest BCUT2D eigenvalue weighted by Crippen LogP contribution is 2.19. The summed E-state index contributed by atoms with van der Waals surface area (Å²) in [5, 5.41) is 12.2. The number of hydrogen-bond acceptors (Lipinski definition) is 2. The Morgan fingerprint density at radius 1 is 1.20 bits per heavy atom. The van der Waals surface area contributed by atoms with Crippen LogP contribution in [0.2, 0.25) is 10.0 Å². The minimum absolute atomic E-state index is 0.152. The molecule has 0 radical (unpaired) electrons. The monoisotopic (exact) mass is 317 g/mol. The second-order valence-corrected chi connectivity index (χ2v) is 5.61. The summed E-state index contributed by atoms with van der Waals surface area (Å²) in [6.45, 7) is 2.45. The Bertz CT molecular complexity index is 471. The molecule has 1 atom stereocenters. The van der Waals surface area contributed by atoms with Gasteiger partial charge in [-0.25, -0.2) is 0 Å². The molecule has 0 aliphatic heterocycles. The van der Waals surface area contributed by atoms with Crippen molar-refractivity contribution in [1.29, 1.82) is 0 Å². The highest BCUT2D eigenvalue weighted by Gasteiger charge is 2.09. The average molecular weight is 318 g/mol. The van der Waals surface area contributed by atoms with Crippen molar-refractivity contribution in [1.82, 2.24) is 5.32 Å². The normalized spacial score (nSPS) is 11.9. The maximum atomic E-state index is 11.9. The van der Waals surface area contributed by atoms with Crippen molar-refractivity contribution in [3.63, 3.8) is 0 Å². The van der Waals surface area contributed by atoms with Crippen LogP contribution in [-0.4, -0.2) is 23.5 Å². The number of halogens is 2. The van der Waals surface area contributed by atoms with Crippen molar-refractivity contribution in [2.45, 2.75) is 26.2 Å². The van der Waals surface area contributed by atoms with Crippen molar-refractivity contribution < 1.29 is 14.7 Å². The van der Waals surface area contributed by atoms with Crippen LogP contribution in [0.3, 0.4) is 0 Å². The molecule has 0 saturated carbocycles. The van der Waals surface area contributed by atoms with E-state index in [2.05, 4.69) is 5.32 Å². The highest BCUT2D eigenvalue weighted by molar-refractivity contribution is 6.35. The summed E-state index contributed by atoms with van der Waals surface area (Å²) in [6.07, 6.45) is 1.49. The number of carbonyl (C=O) groups excluding carboxylic acids is 1. The molecule has 0 fully saturated rings. The van der Waals surface area contributed by atoms with E-state index in [1.165, 1.54) is 0 Å².